The topological polar surface area (TPSA) is 70.2 Å². The Hall–Kier alpha value is -3.03. The number of hydrogen-bond acceptors (Lipinski definition) is 5. The standard InChI is InChI=1S/C25H27Cl2N3O4/c1-18(31)34-12-4-11-30-24(32)17-29(14-19-7-9-22(26)10-8-19)16-21(15-28(2)25(30)33)20-5-3-6-23(27)13-20/h3,5-10,13,16H,4,11-12,14-15,17H2,1-2H3/b21-16+. The molecule has 7 nitrogen and oxygen atoms in total. The van der Waals surface area contributed by atoms with Crippen molar-refractivity contribution in [2.75, 3.05) is 33.3 Å². The zero-order chi connectivity index (χ0) is 24.7. The van der Waals surface area contributed by atoms with Gasteiger partial charge >= 0.3 is 12.0 Å². The number of amides is 3. The second-order valence-corrected chi connectivity index (χ2v) is 8.95. The summed E-state index contributed by atoms with van der Waals surface area (Å²) in [5.74, 6) is -0.735. The third-order valence-corrected chi connectivity index (χ3v) is 5.76. The molecule has 2 aromatic carbocycles. The highest BCUT2D eigenvalue weighted by atomic mass is 35.5. The van der Waals surface area contributed by atoms with Gasteiger partial charge in [-0.15, -0.1) is 0 Å². The third-order valence-electron chi connectivity index (χ3n) is 5.27. The molecule has 34 heavy (non-hydrogen) atoms. The minimum Gasteiger partial charge on any atom is -0.466 e. The fourth-order valence-electron chi connectivity index (χ4n) is 3.64. The second kappa shape index (κ2) is 11.9. The molecule has 0 aliphatic carbocycles. The quantitative estimate of drug-likeness (QED) is 0.405. The van der Waals surface area contributed by atoms with Gasteiger partial charge in [-0.2, -0.15) is 0 Å². The van der Waals surface area contributed by atoms with Gasteiger partial charge in [0.15, 0.2) is 0 Å². The smallest absolute Gasteiger partial charge is 0.326 e. The number of hydrogen-bond donors (Lipinski definition) is 0. The average Bonchev–Trinajstić information content (AvgIpc) is 2.82. The molecule has 0 atom stereocenters. The number of ether oxygens (including phenoxy) is 1. The van der Waals surface area contributed by atoms with Crippen molar-refractivity contribution in [3.63, 3.8) is 0 Å². The maximum Gasteiger partial charge on any atom is 0.326 e. The van der Waals surface area contributed by atoms with Crippen LogP contribution in [0.15, 0.2) is 54.7 Å². The summed E-state index contributed by atoms with van der Waals surface area (Å²) < 4.78 is 4.96. The summed E-state index contributed by atoms with van der Waals surface area (Å²) >= 11 is 12.2. The Morgan fingerprint density at radius 1 is 1.03 bits per heavy atom. The molecular weight excluding hydrogens is 477 g/mol. The van der Waals surface area contributed by atoms with Gasteiger partial charge in [-0.3, -0.25) is 14.5 Å². The van der Waals surface area contributed by atoms with E-state index in [0.717, 1.165) is 16.7 Å². The Morgan fingerprint density at radius 2 is 1.76 bits per heavy atom. The maximum absolute atomic E-state index is 13.2. The van der Waals surface area contributed by atoms with E-state index >= 15 is 0 Å². The number of esters is 1. The van der Waals surface area contributed by atoms with E-state index < -0.39 is 12.0 Å². The number of urea groups is 1. The second-order valence-electron chi connectivity index (χ2n) is 8.07. The largest absolute Gasteiger partial charge is 0.466 e. The van der Waals surface area contributed by atoms with Gasteiger partial charge in [0.1, 0.15) is 0 Å². The Morgan fingerprint density at radius 3 is 2.44 bits per heavy atom. The van der Waals surface area contributed by atoms with E-state index in [-0.39, 0.29) is 32.1 Å². The fraction of sp³-hybridized carbons (Fsp3) is 0.320. The van der Waals surface area contributed by atoms with E-state index in [1.807, 2.05) is 41.4 Å². The van der Waals surface area contributed by atoms with Crippen molar-refractivity contribution >= 4 is 46.7 Å². The Balaban J connectivity index is 1.91. The minimum atomic E-state index is -0.408. The first-order valence-electron chi connectivity index (χ1n) is 10.9. The molecule has 9 heteroatoms. The molecule has 0 fully saturated rings. The van der Waals surface area contributed by atoms with Crippen LogP contribution in [0.2, 0.25) is 10.0 Å². The number of halogens is 2. The molecule has 0 N–H and O–H groups in total. The highest BCUT2D eigenvalue weighted by Gasteiger charge is 2.28. The van der Waals surface area contributed by atoms with Crippen molar-refractivity contribution in [2.45, 2.75) is 19.9 Å². The van der Waals surface area contributed by atoms with Gasteiger partial charge in [0.2, 0.25) is 5.91 Å². The van der Waals surface area contributed by atoms with E-state index in [9.17, 15) is 14.4 Å². The van der Waals surface area contributed by atoms with Crippen molar-refractivity contribution in [3.8, 4) is 0 Å². The number of benzene rings is 2. The van der Waals surface area contributed by atoms with Crippen LogP contribution in [0.4, 0.5) is 4.79 Å². The molecule has 0 unspecified atom stereocenters. The summed E-state index contributed by atoms with van der Waals surface area (Å²) in [4.78, 5) is 42.0. The molecule has 1 aliphatic rings. The molecule has 1 aliphatic heterocycles. The minimum absolute atomic E-state index is 0.000161. The molecule has 0 saturated carbocycles. The first-order valence-corrected chi connectivity index (χ1v) is 11.6. The van der Waals surface area contributed by atoms with Gasteiger partial charge in [0, 0.05) is 49.9 Å². The number of rotatable bonds is 7. The summed E-state index contributed by atoms with van der Waals surface area (Å²) in [6.45, 7) is 2.34. The molecule has 1 heterocycles. The van der Waals surface area contributed by atoms with Crippen LogP contribution in [0.25, 0.3) is 5.57 Å². The predicted octanol–water partition coefficient (Wildman–Crippen LogP) is 4.68. The number of imide groups is 1. The van der Waals surface area contributed by atoms with Crippen LogP contribution < -0.4 is 0 Å². The molecule has 180 valence electrons. The van der Waals surface area contributed by atoms with Gasteiger partial charge in [-0.05, 0) is 47.4 Å². The summed E-state index contributed by atoms with van der Waals surface area (Å²) in [7, 11) is 1.65. The number of carbonyl (C=O) groups is 3. The summed E-state index contributed by atoms with van der Waals surface area (Å²) in [5.41, 5.74) is 2.69. The fourth-order valence-corrected chi connectivity index (χ4v) is 3.96. The Labute approximate surface area is 209 Å². The third kappa shape index (κ3) is 7.23. The van der Waals surface area contributed by atoms with E-state index in [2.05, 4.69) is 0 Å². The summed E-state index contributed by atoms with van der Waals surface area (Å²) in [6.07, 6.45) is 2.26. The average molecular weight is 504 g/mol. The molecule has 0 radical (unpaired) electrons. The van der Waals surface area contributed by atoms with Crippen molar-refractivity contribution in [1.29, 1.82) is 0 Å². The lowest BCUT2D eigenvalue weighted by Crippen LogP contribution is -2.47. The van der Waals surface area contributed by atoms with Gasteiger partial charge < -0.3 is 14.5 Å². The van der Waals surface area contributed by atoms with Crippen molar-refractivity contribution < 1.29 is 19.1 Å². The highest BCUT2D eigenvalue weighted by Crippen LogP contribution is 2.23. The number of carbonyl (C=O) groups excluding carboxylic acids is 3. The van der Waals surface area contributed by atoms with Crippen molar-refractivity contribution in [2.24, 2.45) is 0 Å². The van der Waals surface area contributed by atoms with Crippen LogP contribution in [0.3, 0.4) is 0 Å². The first kappa shape index (κ1) is 25.6. The molecule has 0 spiro atoms. The molecule has 2 aromatic rings. The van der Waals surface area contributed by atoms with E-state index in [4.69, 9.17) is 27.9 Å². The van der Waals surface area contributed by atoms with Crippen LogP contribution in [0.1, 0.15) is 24.5 Å². The molecule has 0 bridgehead atoms. The zero-order valence-corrected chi connectivity index (χ0v) is 20.7. The summed E-state index contributed by atoms with van der Waals surface area (Å²) in [5, 5.41) is 1.21. The molecule has 3 amide bonds. The summed E-state index contributed by atoms with van der Waals surface area (Å²) in [6, 6.07) is 14.4. The van der Waals surface area contributed by atoms with Crippen molar-refractivity contribution in [3.05, 3.63) is 75.9 Å². The van der Waals surface area contributed by atoms with Gasteiger partial charge in [0.25, 0.3) is 0 Å². The lowest BCUT2D eigenvalue weighted by Gasteiger charge is -2.27. The molecule has 0 aromatic heterocycles. The van der Waals surface area contributed by atoms with E-state index in [1.165, 1.54) is 16.7 Å². The highest BCUT2D eigenvalue weighted by molar-refractivity contribution is 6.31. The van der Waals surface area contributed by atoms with Crippen LogP contribution in [-0.4, -0.2) is 65.9 Å². The monoisotopic (exact) mass is 503 g/mol. The Kier molecular flexibility index (Phi) is 8.96. The SMILES string of the molecule is CC(=O)OCCCN1C(=O)CN(Cc2ccc(Cl)cc2)/C=C(/c2cccc(Cl)c2)CN(C)C1=O. The maximum atomic E-state index is 13.2. The molecule has 3 rings (SSSR count). The lowest BCUT2D eigenvalue weighted by atomic mass is 10.1. The van der Waals surface area contributed by atoms with E-state index in [1.54, 1.807) is 25.2 Å². The van der Waals surface area contributed by atoms with Gasteiger partial charge in [0.05, 0.1) is 13.2 Å². The van der Waals surface area contributed by atoms with Crippen LogP contribution in [-0.2, 0) is 20.9 Å². The lowest BCUT2D eigenvalue weighted by molar-refractivity contribution is -0.141. The normalized spacial score (nSPS) is 16.5. The zero-order valence-electron chi connectivity index (χ0n) is 19.2. The van der Waals surface area contributed by atoms with E-state index in [0.29, 0.717) is 23.0 Å². The number of likely N-dealkylation sites (N-methyl/N-ethyl adjacent to an activating group) is 1. The molecule has 0 saturated heterocycles. The van der Waals surface area contributed by atoms with Crippen molar-refractivity contribution in [1.82, 2.24) is 14.7 Å². The van der Waals surface area contributed by atoms with Gasteiger partial charge in [-0.25, -0.2) is 4.79 Å². The van der Waals surface area contributed by atoms with Crippen LogP contribution in [0, 0.1) is 0 Å². The Bertz CT molecular complexity index is 1070. The first-order chi connectivity index (χ1) is 16.2. The van der Waals surface area contributed by atoms with Crippen LogP contribution in [0.5, 0.6) is 0 Å². The molecular formula is C25H27Cl2N3O4. The van der Waals surface area contributed by atoms with Gasteiger partial charge in [-0.1, -0.05) is 47.5 Å². The predicted molar refractivity (Wildman–Crippen MR) is 132 cm³/mol. The van der Waals surface area contributed by atoms with Crippen LogP contribution >= 0.6 is 23.2 Å². The number of nitrogens with zero attached hydrogens (tertiary/aromatic N) is 3.